The number of nitrogens with one attached hydrogen (secondary N) is 2. The van der Waals surface area contributed by atoms with E-state index < -0.39 is 26.6 Å². The zero-order valence-electron chi connectivity index (χ0n) is 10.5. The largest absolute Gasteiger partial charge is 0.315 e. The lowest BCUT2D eigenvalue weighted by molar-refractivity contribution is 0.522. The fourth-order valence-corrected chi connectivity index (χ4v) is 3.47. The fourth-order valence-electron chi connectivity index (χ4n) is 1.66. The molecule has 2 rings (SSSR count). The van der Waals surface area contributed by atoms with Gasteiger partial charge in [0.1, 0.15) is 10.7 Å². The van der Waals surface area contributed by atoms with Crippen LogP contribution in [0.2, 0.25) is 0 Å². The molecule has 0 aliphatic carbocycles. The SMILES string of the molecule is CNCc1c(F)ccc(S(=O)(=O)Nc2ccsc2)c1F. The van der Waals surface area contributed by atoms with Crippen LogP contribution < -0.4 is 10.0 Å². The van der Waals surface area contributed by atoms with Crippen LogP contribution in [0.5, 0.6) is 0 Å². The Kier molecular flexibility index (Phi) is 4.36. The zero-order valence-corrected chi connectivity index (χ0v) is 12.1. The summed E-state index contributed by atoms with van der Waals surface area (Å²) in [4.78, 5) is -0.574. The average molecular weight is 318 g/mol. The third-order valence-corrected chi connectivity index (χ3v) is 4.65. The molecule has 1 aromatic heterocycles. The van der Waals surface area contributed by atoms with E-state index in [1.165, 1.54) is 18.4 Å². The van der Waals surface area contributed by atoms with E-state index in [-0.39, 0.29) is 12.1 Å². The van der Waals surface area contributed by atoms with Gasteiger partial charge < -0.3 is 5.32 Å². The van der Waals surface area contributed by atoms with Gasteiger partial charge in [-0.3, -0.25) is 4.72 Å². The molecule has 0 unspecified atom stereocenters. The highest BCUT2D eigenvalue weighted by Gasteiger charge is 2.23. The van der Waals surface area contributed by atoms with Crippen molar-refractivity contribution in [3.8, 4) is 0 Å². The maximum Gasteiger partial charge on any atom is 0.264 e. The molecule has 0 saturated carbocycles. The number of rotatable bonds is 5. The maximum absolute atomic E-state index is 14.1. The first-order valence-corrected chi connectivity index (χ1v) is 8.05. The summed E-state index contributed by atoms with van der Waals surface area (Å²) < 4.78 is 54.1. The van der Waals surface area contributed by atoms with Crippen molar-refractivity contribution < 1.29 is 17.2 Å². The molecule has 8 heteroatoms. The molecule has 0 aliphatic heterocycles. The van der Waals surface area contributed by atoms with Gasteiger partial charge >= 0.3 is 0 Å². The van der Waals surface area contributed by atoms with E-state index in [0.29, 0.717) is 5.69 Å². The van der Waals surface area contributed by atoms with Crippen LogP contribution in [0, 0.1) is 11.6 Å². The van der Waals surface area contributed by atoms with E-state index in [1.54, 1.807) is 16.8 Å². The van der Waals surface area contributed by atoms with Gasteiger partial charge in [-0.2, -0.15) is 11.3 Å². The Morgan fingerprint density at radius 3 is 2.60 bits per heavy atom. The molecule has 2 N–H and O–H groups in total. The van der Waals surface area contributed by atoms with Crippen molar-refractivity contribution in [2.75, 3.05) is 11.8 Å². The van der Waals surface area contributed by atoms with E-state index in [9.17, 15) is 17.2 Å². The average Bonchev–Trinajstić information content (AvgIpc) is 2.86. The van der Waals surface area contributed by atoms with Crippen molar-refractivity contribution in [2.45, 2.75) is 11.4 Å². The topological polar surface area (TPSA) is 58.2 Å². The number of anilines is 1. The van der Waals surface area contributed by atoms with Gasteiger partial charge in [-0.05, 0) is 30.6 Å². The second-order valence-electron chi connectivity index (χ2n) is 3.99. The molecule has 0 bridgehead atoms. The molecular formula is C12H12F2N2O2S2. The lowest BCUT2D eigenvalue weighted by Crippen LogP contribution is -2.17. The second-order valence-corrected chi connectivity index (χ2v) is 6.42. The lowest BCUT2D eigenvalue weighted by Gasteiger charge is -2.11. The lowest BCUT2D eigenvalue weighted by atomic mass is 10.2. The maximum atomic E-state index is 14.1. The van der Waals surface area contributed by atoms with Crippen LogP contribution in [0.1, 0.15) is 5.56 Å². The highest BCUT2D eigenvalue weighted by molar-refractivity contribution is 7.92. The number of hydrogen-bond donors (Lipinski definition) is 2. The molecule has 0 fully saturated rings. The number of thiophene rings is 1. The van der Waals surface area contributed by atoms with Crippen LogP contribution >= 0.6 is 11.3 Å². The minimum atomic E-state index is -4.08. The molecule has 4 nitrogen and oxygen atoms in total. The molecule has 1 heterocycles. The molecular weight excluding hydrogens is 306 g/mol. The summed E-state index contributed by atoms with van der Waals surface area (Å²) in [5, 5.41) is 5.86. The quantitative estimate of drug-likeness (QED) is 0.891. The van der Waals surface area contributed by atoms with E-state index >= 15 is 0 Å². The van der Waals surface area contributed by atoms with Crippen LogP contribution in [0.4, 0.5) is 14.5 Å². The molecule has 0 amide bonds. The van der Waals surface area contributed by atoms with Gasteiger partial charge in [-0.1, -0.05) is 0 Å². The summed E-state index contributed by atoms with van der Waals surface area (Å²) >= 11 is 1.30. The number of sulfonamides is 1. The van der Waals surface area contributed by atoms with Crippen LogP contribution in [-0.4, -0.2) is 15.5 Å². The number of halogens is 2. The summed E-state index contributed by atoms with van der Waals surface area (Å²) in [6.45, 7) is -0.0977. The first-order chi connectivity index (χ1) is 9.45. The summed E-state index contributed by atoms with van der Waals surface area (Å²) in [6, 6.07) is 3.41. The van der Waals surface area contributed by atoms with Crippen molar-refractivity contribution in [3.63, 3.8) is 0 Å². The summed E-state index contributed by atoms with van der Waals surface area (Å²) in [6.07, 6.45) is 0. The molecule has 0 atom stereocenters. The van der Waals surface area contributed by atoms with Crippen molar-refractivity contribution in [2.24, 2.45) is 0 Å². The Morgan fingerprint density at radius 2 is 2.00 bits per heavy atom. The van der Waals surface area contributed by atoms with Gasteiger partial charge in [0, 0.05) is 17.5 Å². The molecule has 0 radical (unpaired) electrons. The first-order valence-electron chi connectivity index (χ1n) is 5.62. The minimum absolute atomic E-state index is 0.0977. The monoisotopic (exact) mass is 318 g/mol. The Hall–Kier alpha value is -1.51. The van der Waals surface area contributed by atoms with Gasteiger partial charge in [0.05, 0.1) is 5.69 Å². The highest BCUT2D eigenvalue weighted by atomic mass is 32.2. The molecule has 20 heavy (non-hydrogen) atoms. The summed E-state index contributed by atoms with van der Waals surface area (Å²) in [5.41, 5.74) is 0.0367. The minimum Gasteiger partial charge on any atom is -0.315 e. The molecule has 108 valence electrons. The van der Waals surface area contributed by atoms with Crippen LogP contribution in [0.3, 0.4) is 0 Å². The molecule has 1 aromatic carbocycles. The molecule has 2 aromatic rings. The fraction of sp³-hybridized carbons (Fsp3) is 0.167. The van der Waals surface area contributed by atoms with Crippen molar-refractivity contribution in [1.29, 1.82) is 0 Å². The number of benzene rings is 1. The molecule has 0 aliphatic rings. The van der Waals surface area contributed by atoms with Crippen molar-refractivity contribution in [1.82, 2.24) is 5.32 Å². The summed E-state index contributed by atoms with van der Waals surface area (Å²) in [5.74, 6) is -1.87. The third-order valence-electron chi connectivity index (χ3n) is 2.57. The predicted molar refractivity (Wildman–Crippen MR) is 74.2 cm³/mol. The Labute approximate surface area is 119 Å². The van der Waals surface area contributed by atoms with E-state index in [0.717, 1.165) is 12.1 Å². The van der Waals surface area contributed by atoms with Gasteiger partial charge in [0.2, 0.25) is 0 Å². The molecule has 0 spiro atoms. The van der Waals surface area contributed by atoms with Gasteiger partial charge in [0.25, 0.3) is 10.0 Å². The first kappa shape index (κ1) is 14.9. The highest BCUT2D eigenvalue weighted by Crippen LogP contribution is 2.24. The summed E-state index contributed by atoms with van der Waals surface area (Å²) in [7, 11) is -2.57. The van der Waals surface area contributed by atoms with E-state index in [4.69, 9.17) is 0 Å². The van der Waals surface area contributed by atoms with E-state index in [2.05, 4.69) is 10.0 Å². The van der Waals surface area contributed by atoms with E-state index in [1.807, 2.05) is 0 Å². The van der Waals surface area contributed by atoms with Crippen LogP contribution in [0.15, 0.2) is 33.9 Å². The Bertz CT molecular complexity index is 700. The molecule has 0 saturated heterocycles. The van der Waals surface area contributed by atoms with Crippen LogP contribution in [-0.2, 0) is 16.6 Å². The van der Waals surface area contributed by atoms with Crippen molar-refractivity contribution in [3.05, 3.63) is 46.2 Å². The van der Waals surface area contributed by atoms with Crippen LogP contribution in [0.25, 0.3) is 0 Å². The third kappa shape index (κ3) is 2.97. The second kappa shape index (κ2) is 5.86. The smallest absolute Gasteiger partial charge is 0.264 e. The van der Waals surface area contributed by atoms with Gasteiger partial charge in [-0.15, -0.1) is 0 Å². The Balaban J connectivity index is 2.44. The predicted octanol–water partition coefficient (Wildman–Crippen LogP) is 2.55. The standard InChI is InChI=1S/C12H12F2N2O2S2/c1-15-6-9-10(13)2-3-11(12(9)14)20(17,18)16-8-4-5-19-7-8/h2-5,7,15-16H,6H2,1H3. The normalized spacial score (nSPS) is 11.6. The van der Waals surface area contributed by atoms with Gasteiger partial charge in [-0.25, -0.2) is 17.2 Å². The van der Waals surface area contributed by atoms with Crippen molar-refractivity contribution >= 4 is 27.0 Å². The Morgan fingerprint density at radius 1 is 1.25 bits per heavy atom. The zero-order chi connectivity index (χ0) is 14.8. The van der Waals surface area contributed by atoms with Gasteiger partial charge in [0.15, 0.2) is 5.82 Å². The number of hydrogen-bond acceptors (Lipinski definition) is 4.